The van der Waals surface area contributed by atoms with Gasteiger partial charge in [0, 0.05) is 12.5 Å². The molecule has 1 aliphatic rings. The Balaban J connectivity index is 2.30. The van der Waals surface area contributed by atoms with Crippen LogP contribution in [0.4, 0.5) is 0 Å². The molecule has 1 unspecified atom stereocenters. The van der Waals surface area contributed by atoms with Crippen LogP contribution in [-0.4, -0.2) is 39.5 Å². The van der Waals surface area contributed by atoms with Gasteiger partial charge < -0.3 is 21.1 Å². The van der Waals surface area contributed by atoms with Gasteiger partial charge in [-0.1, -0.05) is 39.0 Å². The molecule has 21 heavy (non-hydrogen) atoms. The Morgan fingerprint density at radius 2 is 1.86 bits per heavy atom. The van der Waals surface area contributed by atoms with Gasteiger partial charge in [0.15, 0.2) is 0 Å². The summed E-state index contributed by atoms with van der Waals surface area (Å²) in [4.78, 5) is 10.5. The molecule has 5 heteroatoms. The zero-order valence-electron chi connectivity index (χ0n) is 13.1. The predicted molar refractivity (Wildman–Crippen MR) is 81.8 cm³/mol. The SMILES string of the molecule is CC(CCC(=O)O)C[C@H](O)[C@H](O)[C@@H](N)CC1CCCCC1. The first kappa shape index (κ1) is 18.4. The maximum absolute atomic E-state index is 10.5. The smallest absolute Gasteiger partial charge is 0.303 e. The first-order valence-electron chi connectivity index (χ1n) is 8.23. The van der Waals surface area contributed by atoms with Crippen molar-refractivity contribution in [3.63, 3.8) is 0 Å². The minimum absolute atomic E-state index is 0.0626. The van der Waals surface area contributed by atoms with Gasteiger partial charge >= 0.3 is 5.97 Å². The van der Waals surface area contributed by atoms with E-state index in [-0.39, 0.29) is 12.3 Å². The van der Waals surface area contributed by atoms with Crippen molar-refractivity contribution in [3.05, 3.63) is 0 Å². The normalized spacial score (nSPS) is 22.5. The summed E-state index contributed by atoms with van der Waals surface area (Å²) in [6.07, 6.45) is 6.09. The molecular formula is C16H31NO4. The van der Waals surface area contributed by atoms with Gasteiger partial charge in [-0.25, -0.2) is 0 Å². The molecule has 1 aliphatic carbocycles. The molecule has 1 fully saturated rings. The zero-order valence-corrected chi connectivity index (χ0v) is 13.1. The summed E-state index contributed by atoms with van der Waals surface area (Å²) in [6.45, 7) is 1.89. The Hall–Kier alpha value is -0.650. The second-order valence-electron chi connectivity index (χ2n) is 6.73. The van der Waals surface area contributed by atoms with Crippen LogP contribution in [0.2, 0.25) is 0 Å². The number of carboxylic acid groups (broad SMARTS) is 1. The molecule has 1 rings (SSSR count). The lowest BCUT2D eigenvalue weighted by molar-refractivity contribution is -0.137. The fraction of sp³-hybridized carbons (Fsp3) is 0.938. The summed E-state index contributed by atoms with van der Waals surface area (Å²) in [5, 5.41) is 28.9. The quantitative estimate of drug-likeness (QED) is 0.521. The molecule has 0 bridgehead atoms. The summed E-state index contributed by atoms with van der Waals surface area (Å²) < 4.78 is 0. The Kier molecular flexibility index (Phi) is 8.22. The molecule has 5 N–H and O–H groups in total. The summed E-state index contributed by atoms with van der Waals surface area (Å²) in [7, 11) is 0. The van der Waals surface area contributed by atoms with Gasteiger partial charge in [0.2, 0.25) is 0 Å². The van der Waals surface area contributed by atoms with E-state index in [1.165, 1.54) is 32.1 Å². The van der Waals surface area contributed by atoms with E-state index in [4.69, 9.17) is 10.8 Å². The maximum atomic E-state index is 10.5. The Morgan fingerprint density at radius 1 is 1.24 bits per heavy atom. The minimum Gasteiger partial charge on any atom is -0.481 e. The van der Waals surface area contributed by atoms with E-state index in [9.17, 15) is 15.0 Å². The van der Waals surface area contributed by atoms with Crippen LogP contribution in [0, 0.1) is 11.8 Å². The van der Waals surface area contributed by atoms with E-state index in [1.807, 2.05) is 6.92 Å². The average Bonchev–Trinajstić information content (AvgIpc) is 2.45. The molecule has 0 aromatic rings. The molecule has 0 radical (unpaired) electrons. The van der Waals surface area contributed by atoms with Crippen molar-refractivity contribution in [2.75, 3.05) is 0 Å². The highest BCUT2D eigenvalue weighted by atomic mass is 16.4. The molecule has 0 aromatic heterocycles. The lowest BCUT2D eigenvalue weighted by Crippen LogP contribution is -2.44. The molecule has 1 saturated carbocycles. The second kappa shape index (κ2) is 9.38. The molecule has 0 heterocycles. The Morgan fingerprint density at radius 3 is 2.43 bits per heavy atom. The van der Waals surface area contributed by atoms with Gasteiger partial charge in [0.05, 0.1) is 12.2 Å². The van der Waals surface area contributed by atoms with E-state index >= 15 is 0 Å². The van der Waals surface area contributed by atoms with Gasteiger partial charge in [-0.15, -0.1) is 0 Å². The largest absolute Gasteiger partial charge is 0.481 e. The fourth-order valence-electron chi connectivity index (χ4n) is 3.27. The number of aliphatic hydroxyl groups is 2. The second-order valence-corrected chi connectivity index (χ2v) is 6.73. The van der Waals surface area contributed by atoms with Crippen molar-refractivity contribution in [1.29, 1.82) is 0 Å². The minimum atomic E-state index is -0.917. The van der Waals surface area contributed by atoms with Crippen LogP contribution in [-0.2, 0) is 4.79 Å². The number of aliphatic hydroxyl groups excluding tert-OH is 2. The molecule has 4 atom stereocenters. The van der Waals surface area contributed by atoms with Gasteiger partial charge in [0.25, 0.3) is 0 Å². The number of carbonyl (C=O) groups is 1. The number of hydrogen-bond donors (Lipinski definition) is 4. The fourth-order valence-corrected chi connectivity index (χ4v) is 3.27. The van der Waals surface area contributed by atoms with Gasteiger partial charge in [-0.3, -0.25) is 4.79 Å². The first-order chi connectivity index (χ1) is 9.90. The van der Waals surface area contributed by atoms with E-state index in [2.05, 4.69) is 0 Å². The van der Waals surface area contributed by atoms with E-state index in [0.29, 0.717) is 18.8 Å². The predicted octanol–water partition coefficient (Wildman–Crippen LogP) is 1.90. The Bertz CT molecular complexity index is 305. The third-order valence-corrected chi connectivity index (χ3v) is 4.66. The molecule has 0 aliphatic heterocycles. The zero-order chi connectivity index (χ0) is 15.8. The van der Waals surface area contributed by atoms with E-state index in [0.717, 1.165) is 6.42 Å². The topological polar surface area (TPSA) is 104 Å². The van der Waals surface area contributed by atoms with Crippen molar-refractivity contribution < 1.29 is 20.1 Å². The average molecular weight is 301 g/mol. The summed E-state index contributed by atoms with van der Waals surface area (Å²) in [5.74, 6) is -0.196. The highest BCUT2D eigenvalue weighted by molar-refractivity contribution is 5.66. The maximum Gasteiger partial charge on any atom is 0.303 e. The number of aliphatic carboxylic acids is 1. The van der Waals surface area contributed by atoms with Crippen LogP contribution in [0.1, 0.15) is 64.7 Å². The van der Waals surface area contributed by atoms with Gasteiger partial charge in [0.1, 0.15) is 0 Å². The van der Waals surface area contributed by atoms with E-state index < -0.39 is 24.2 Å². The molecule has 5 nitrogen and oxygen atoms in total. The summed E-state index contributed by atoms with van der Waals surface area (Å²) in [5.41, 5.74) is 6.04. The van der Waals surface area contributed by atoms with Crippen molar-refractivity contribution >= 4 is 5.97 Å². The van der Waals surface area contributed by atoms with Crippen LogP contribution in [0.25, 0.3) is 0 Å². The van der Waals surface area contributed by atoms with Crippen molar-refractivity contribution in [2.45, 2.75) is 83.0 Å². The molecule has 0 aromatic carbocycles. The number of rotatable bonds is 9. The highest BCUT2D eigenvalue weighted by Gasteiger charge is 2.27. The molecule has 0 saturated heterocycles. The number of carboxylic acids is 1. The molecule has 0 spiro atoms. The lowest BCUT2D eigenvalue weighted by Gasteiger charge is -2.30. The third-order valence-electron chi connectivity index (χ3n) is 4.66. The lowest BCUT2D eigenvalue weighted by atomic mass is 9.82. The Labute approximate surface area is 127 Å². The van der Waals surface area contributed by atoms with Crippen LogP contribution in [0.15, 0.2) is 0 Å². The third kappa shape index (κ3) is 7.25. The molecular weight excluding hydrogens is 270 g/mol. The van der Waals surface area contributed by atoms with Crippen LogP contribution in [0.5, 0.6) is 0 Å². The van der Waals surface area contributed by atoms with Crippen molar-refractivity contribution in [2.24, 2.45) is 17.6 Å². The summed E-state index contributed by atoms with van der Waals surface area (Å²) in [6, 6.07) is -0.394. The highest BCUT2D eigenvalue weighted by Crippen LogP contribution is 2.28. The summed E-state index contributed by atoms with van der Waals surface area (Å²) >= 11 is 0. The van der Waals surface area contributed by atoms with Gasteiger partial charge in [-0.2, -0.15) is 0 Å². The molecule has 0 amide bonds. The monoisotopic (exact) mass is 301 g/mol. The van der Waals surface area contributed by atoms with Crippen LogP contribution < -0.4 is 5.73 Å². The van der Waals surface area contributed by atoms with Crippen LogP contribution in [0.3, 0.4) is 0 Å². The van der Waals surface area contributed by atoms with Crippen molar-refractivity contribution in [3.8, 4) is 0 Å². The first-order valence-corrected chi connectivity index (χ1v) is 8.23. The molecule has 124 valence electrons. The van der Waals surface area contributed by atoms with E-state index in [1.54, 1.807) is 0 Å². The van der Waals surface area contributed by atoms with Gasteiger partial charge in [-0.05, 0) is 31.1 Å². The standard InChI is InChI=1S/C16H31NO4/c1-11(7-8-15(19)20)9-14(18)16(21)13(17)10-12-5-3-2-4-6-12/h11-14,16,18,21H,2-10,17H2,1H3,(H,19,20)/t11?,13-,14-,16+/m0/s1. The number of nitrogens with two attached hydrogens (primary N) is 1. The number of hydrogen-bond acceptors (Lipinski definition) is 4. The van der Waals surface area contributed by atoms with Crippen molar-refractivity contribution in [1.82, 2.24) is 0 Å². The van der Waals surface area contributed by atoms with Crippen LogP contribution >= 0.6 is 0 Å².